The van der Waals surface area contributed by atoms with Gasteiger partial charge in [-0.15, -0.1) is 0 Å². The molecule has 0 radical (unpaired) electrons. The average Bonchev–Trinajstić information content (AvgIpc) is 2.51. The molecule has 2 aromatic carbocycles. The van der Waals surface area contributed by atoms with Gasteiger partial charge in [-0.1, -0.05) is 30.3 Å². The second-order valence-corrected chi connectivity index (χ2v) is 5.57. The smallest absolute Gasteiger partial charge is 0.173 e. The fraction of sp³-hybridized carbons (Fsp3) is 0.278. The van der Waals surface area contributed by atoms with Crippen molar-refractivity contribution in [3.05, 3.63) is 70.3 Å². The van der Waals surface area contributed by atoms with Crippen molar-refractivity contribution in [1.29, 1.82) is 0 Å². The number of benzene rings is 2. The molecule has 108 valence electrons. The van der Waals surface area contributed by atoms with Crippen LogP contribution in [0.4, 0.5) is 8.78 Å². The van der Waals surface area contributed by atoms with Crippen molar-refractivity contribution in [3.63, 3.8) is 0 Å². The summed E-state index contributed by atoms with van der Waals surface area (Å²) in [4.78, 5) is 12.6. The number of carbonyl (C=O) groups excluding carboxylic acids is 1. The lowest BCUT2D eigenvalue weighted by molar-refractivity contribution is 0.0946. The fourth-order valence-corrected chi connectivity index (χ4v) is 3.05. The molecule has 2 aromatic rings. The van der Waals surface area contributed by atoms with Gasteiger partial charge in [-0.2, -0.15) is 0 Å². The summed E-state index contributed by atoms with van der Waals surface area (Å²) in [6.07, 6.45) is 2.51. The predicted octanol–water partition coefficient (Wildman–Crippen LogP) is 4.58. The summed E-state index contributed by atoms with van der Waals surface area (Å²) < 4.78 is 27.7. The Labute approximate surface area is 122 Å². The van der Waals surface area contributed by atoms with Crippen LogP contribution in [-0.4, -0.2) is 5.78 Å². The Morgan fingerprint density at radius 2 is 1.86 bits per heavy atom. The molecule has 21 heavy (non-hydrogen) atoms. The SMILES string of the molecule is Cc1ccc(C(=O)C2CCCc3ccccc32)c(F)c1F. The molecule has 3 rings (SSSR count). The Morgan fingerprint density at radius 3 is 2.67 bits per heavy atom. The summed E-state index contributed by atoms with van der Waals surface area (Å²) in [6, 6.07) is 10.6. The molecule has 1 unspecified atom stereocenters. The molecular weight excluding hydrogens is 270 g/mol. The molecule has 0 aliphatic heterocycles. The molecule has 1 aliphatic rings. The zero-order valence-electron chi connectivity index (χ0n) is 11.8. The minimum atomic E-state index is -1.02. The summed E-state index contributed by atoms with van der Waals surface area (Å²) in [6.45, 7) is 1.49. The van der Waals surface area contributed by atoms with Gasteiger partial charge in [-0.25, -0.2) is 8.78 Å². The lowest BCUT2D eigenvalue weighted by atomic mass is 9.79. The van der Waals surface area contributed by atoms with E-state index < -0.39 is 11.6 Å². The normalized spacial score (nSPS) is 17.4. The Bertz CT molecular complexity index is 706. The maximum absolute atomic E-state index is 14.0. The van der Waals surface area contributed by atoms with Crippen LogP contribution >= 0.6 is 0 Å². The number of halogens is 2. The van der Waals surface area contributed by atoms with Crippen molar-refractivity contribution in [2.45, 2.75) is 32.1 Å². The monoisotopic (exact) mass is 286 g/mol. The minimum Gasteiger partial charge on any atom is -0.293 e. The van der Waals surface area contributed by atoms with Crippen LogP contribution in [0, 0.1) is 18.6 Å². The molecular formula is C18H16F2O. The number of Topliss-reactive ketones (excluding diaryl/α,β-unsaturated/α-hetero) is 1. The van der Waals surface area contributed by atoms with E-state index >= 15 is 0 Å². The molecule has 1 nitrogen and oxygen atoms in total. The standard InChI is InChI=1S/C18H16F2O/c1-11-9-10-15(17(20)16(11)19)18(21)14-8-4-6-12-5-2-3-7-13(12)14/h2-3,5,7,9-10,14H,4,6,8H2,1H3. The maximum atomic E-state index is 14.0. The van der Waals surface area contributed by atoms with Gasteiger partial charge in [-0.3, -0.25) is 4.79 Å². The summed E-state index contributed by atoms with van der Waals surface area (Å²) in [5, 5.41) is 0. The highest BCUT2D eigenvalue weighted by Crippen LogP contribution is 2.34. The van der Waals surface area contributed by atoms with Gasteiger partial charge >= 0.3 is 0 Å². The zero-order chi connectivity index (χ0) is 15.0. The van der Waals surface area contributed by atoms with E-state index in [1.54, 1.807) is 0 Å². The van der Waals surface area contributed by atoms with Crippen molar-refractivity contribution >= 4 is 5.78 Å². The molecule has 0 saturated carbocycles. The van der Waals surface area contributed by atoms with Crippen LogP contribution in [0.3, 0.4) is 0 Å². The number of ketones is 1. The molecule has 0 spiro atoms. The van der Waals surface area contributed by atoms with Gasteiger partial charge in [0.15, 0.2) is 17.4 Å². The van der Waals surface area contributed by atoms with Crippen LogP contribution in [0.15, 0.2) is 36.4 Å². The van der Waals surface area contributed by atoms with E-state index in [0.717, 1.165) is 24.0 Å². The third-order valence-electron chi connectivity index (χ3n) is 4.23. The molecule has 0 aromatic heterocycles. The average molecular weight is 286 g/mol. The minimum absolute atomic E-state index is 0.139. The van der Waals surface area contributed by atoms with Gasteiger partial charge in [-0.05, 0) is 48.9 Å². The molecule has 0 fully saturated rings. The number of aryl methyl sites for hydroxylation is 2. The first-order valence-electron chi connectivity index (χ1n) is 7.16. The molecule has 0 N–H and O–H groups in total. The Morgan fingerprint density at radius 1 is 1.10 bits per heavy atom. The van der Waals surface area contributed by atoms with Crippen molar-refractivity contribution in [2.75, 3.05) is 0 Å². The molecule has 1 atom stereocenters. The fourth-order valence-electron chi connectivity index (χ4n) is 3.05. The molecule has 3 heteroatoms. The van der Waals surface area contributed by atoms with Crippen molar-refractivity contribution in [3.8, 4) is 0 Å². The maximum Gasteiger partial charge on any atom is 0.173 e. The summed E-state index contributed by atoms with van der Waals surface area (Å²) in [5.74, 6) is -2.64. The van der Waals surface area contributed by atoms with E-state index in [1.165, 1.54) is 19.1 Å². The van der Waals surface area contributed by atoms with Gasteiger partial charge in [0, 0.05) is 5.92 Å². The van der Waals surface area contributed by atoms with Crippen molar-refractivity contribution in [1.82, 2.24) is 0 Å². The van der Waals surface area contributed by atoms with Crippen molar-refractivity contribution in [2.24, 2.45) is 0 Å². The van der Waals surface area contributed by atoms with Crippen LogP contribution in [0.2, 0.25) is 0 Å². The van der Waals surface area contributed by atoms with Gasteiger partial charge < -0.3 is 0 Å². The Hall–Kier alpha value is -2.03. The van der Waals surface area contributed by atoms with Gasteiger partial charge in [0.05, 0.1) is 5.56 Å². The molecule has 0 heterocycles. The van der Waals surface area contributed by atoms with Gasteiger partial charge in [0.2, 0.25) is 0 Å². The first-order valence-corrected chi connectivity index (χ1v) is 7.16. The zero-order valence-corrected chi connectivity index (χ0v) is 11.8. The second-order valence-electron chi connectivity index (χ2n) is 5.57. The summed E-state index contributed by atoms with van der Waals surface area (Å²) in [5.41, 5.74) is 2.16. The molecule has 0 saturated heterocycles. The topological polar surface area (TPSA) is 17.1 Å². The molecule has 0 amide bonds. The second kappa shape index (κ2) is 5.40. The molecule has 0 bridgehead atoms. The highest BCUT2D eigenvalue weighted by atomic mass is 19.2. The summed E-state index contributed by atoms with van der Waals surface area (Å²) >= 11 is 0. The number of fused-ring (bicyclic) bond motifs is 1. The number of hydrogen-bond acceptors (Lipinski definition) is 1. The van der Waals surface area contributed by atoms with Gasteiger partial charge in [0.25, 0.3) is 0 Å². The van der Waals surface area contributed by atoms with E-state index in [2.05, 4.69) is 0 Å². The third kappa shape index (κ3) is 2.37. The third-order valence-corrected chi connectivity index (χ3v) is 4.23. The van der Waals surface area contributed by atoms with E-state index in [1.807, 2.05) is 24.3 Å². The van der Waals surface area contributed by atoms with E-state index in [0.29, 0.717) is 6.42 Å². The largest absolute Gasteiger partial charge is 0.293 e. The predicted molar refractivity (Wildman–Crippen MR) is 77.5 cm³/mol. The number of hydrogen-bond donors (Lipinski definition) is 0. The van der Waals surface area contributed by atoms with E-state index in [9.17, 15) is 13.6 Å². The lowest BCUT2D eigenvalue weighted by Crippen LogP contribution is -2.20. The van der Waals surface area contributed by atoms with Crippen LogP contribution < -0.4 is 0 Å². The van der Waals surface area contributed by atoms with Crippen LogP contribution in [-0.2, 0) is 6.42 Å². The Balaban J connectivity index is 2.03. The quantitative estimate of drug-likeness (QED) is 0.739. The first-order chi connectivity index (χ1) is 10.1. The van der Waals surface area contributed by atoms with Crippen LogP contribution in [0.1, 0.15) is 45.8 Å². The van der Waals surface area contributed by atoms with Crippen LogP contribution in [0.5, 0.6) is 0 Å². The summed E-state index contributed by atoms with van der Waals surface area (Å²) in [7, 11) is 0. The Kier molecular flexibility index (Phi) is 3.58. The highest BCUT2D eigenvalue weighted by Gasteiger charge is 2.29. The highest BCUT2D eigenvalue weighted by molar-refractivity contribution is 6.01. The number of rotatable bonds is 2. The van der Waals surface area contributed by atoms with Crippen molar-refractivity contribution < 1.29 is 13.6 Å². The molecule has 1 aliphatic carbocycles. The lowest BCUT2D eigenvalue weighted by Gasteiger charge is -2.24. The first kappa shape index (κ1) is 13.9. The van der Waals surface area contributed by atoms with Gasteiger partial charge in [0.1, 0.15) is 0 Å². The number of carbonyl (C=O) groups is 1. The van der Waals surface area contributed by atoms with Crippen LogP contribution in [0.25, 0.3) is 0 Å². The van der Waals surface area contributed by atoms with E-state index in [4.69, 9.17) is 0 Å². The van der Waals surface area contributed by atoms with E-state index in [-0.39, 0.29) is 22.8 Å².